The van der Waals surface area contributed by atoms with Crippen LogP contribution in [0.25, 0.3) is 16.7 Å². The van der Waals surface area contributed by atoms with Gasteiger partial charge in [-0.1, -0.05) is 20.3 Å². The summed E-state index contributed by atoms with van der Waals surface area (Å²) in [6.07, 6.45) is 9.96. The molecule has 0 radical (unpaired) electrons. The van der Waals surface area contributed by atoms with Crippen LogP contribution in [-0.4, -0.2) is 49.6 Å². The van der Waals surface area contributed by atoms with Gasteiger partial charge in [-0.15, -0.1) is 0 Å². The van der Waals surface area contributed by atoms with Gasteiger partial charge in [-0.05, 0) is 68.2 Å². The first-order chi connectivity index (χ1) is 16.5. The first kappa shape index (κ1) is 24.1. The first-order valence-corrected chi connectivity index (χ1v) is 12.5. The maximum atomic E-state index is 5.58. The third-order valence-corrected chi connectivity index (χ3v) is 6.91. The molecule has 3 heterocycles. The topological polar surface area (TPSA) is 73.0 Å². The average Bonchev–Trinajstić information content (AvgIpc) is 3.50. The van der Waals surface area contributed by atoms with E-state index in [1.54, 1.807) is 7.11 Å². The molecule has 1 atom stereocenters. The highest BCUT2D eigenvalue weighted by Crippen LogP contribution is 2.36. The molecule has 0 bridgehead atoms. The molecule has 9 heteroatoms. The number of benzene rings is 1. The van der Waals surface area contributed by atoms with E-state index in [-0.39, 0.29) is 0 Å². The minimum atomic E-state index is 0.330. The number of rotatable bonds is 11. The Morgan fingerprint density at radius 2 is 2.03 bits per heavy atom. The zero-order valence-corrected chi connectivity index (χ0v) is 21.3. The van der Waals surface area contributed by atoms with Crippen LogP contribution in [0.1, 0.15) is 45.2 Å². The van der Waals surface area contributed by atoms with Crippen LogP contribution in [0, 0.1) is 0 Å². The second-order valence-electron chi connectivity index (χ2n) is 8.28. The van der Waals surface area contributed by atoms with Gasteiger partial charge in [-0.2, -0.15) is 10.2 Å². The summed E-state index contributed by atoms with van der Waals surface area (Å²) in [5.74, 6) is 1.58. The van der Waals surface area contributed by atoms with Crippen LogP contribution in [0.3, 0.4) is 0 Å². The van der Waals surface area contributed by atoms with E-state index in [1.807, 2.05) is 53.3 Å². The lowest BCUT2D eigenvalue weighted by Crippen LogP contribution is -2.28. The fourth-order valence-electron chi connectivity index (χ4n) is 4.13. The number of methoxy groups -OCH3 is 1. The number of nitrogens with zero attached hydrogens (tertiary/aromatic N) is 6. The third kappa shape index (κ3) is 5.05. The van der Waals surface area contributed by atoms with Gasteiger partial charge in [0, 0.05) is 30.9 Å². The molecule has 0 aliphatic rings. The minimum absolute atomic E-state index is 0.330. The molecule has 0 saturated carbocycles. The van der Waals surface area contributed by atoms with Gasteiger partial charge < -0.3 is 9.46 Å². The van der Waals surface area contributed by atoms with Crippen LogP contribution < -0.4 is 9.46 Å². The largest absolute Gasteiger partial charge is 0.494 e. The standard InChI is InChI=1S/C25H33N7OS/c1-6-8-13-31(7-2)18(3)19-11-12-26-23(14-19)32-17-21(16-28-32)34-29-24-22(33-5)10-9-20-15-27-30(4)25(20)24/h9-12,14-18,29H,6-8,13H2,1-5H3. The van der Waals surface area contributed by atoms with Crippen molar-refractivity contribution in [2.75, 3.05) is 24.9 Å². The highest BCUT2D eigenvalue weighted by Gasteiger charge is 2.16. The highest BCUT2D eigenvalue weighted by atomic mass is 32.2. The van der Waals surface area contributed by atoms with E-state index in [0.29, 0.717) is 6.04 Å². The SMILES string of the molecule is CCCCN(CC)C(C)c1ccnc(-n2cc(SNc3c(OC)ccc4cnn(C)c34)cn2)c1. The van der Waals surface area contributed by atoms with Crippen molar-refractivity contribution >= 4 is 28.5 Å². The quantitative estimate of drug-likeness (QED) is 0.286. The van der Waals surface area contributed by atoms with Crippen LogP contribution in [0.5, 0.6) is 5.75 Å². The molecule has 8 nitrogen and oxygen atoms in total. The van der Waals surface area contributed by atoms with Crippen molar-refractivity contribution in [3.63, 3.8) is 0 Å². The molecule has 0 aliphatic carbocycles. The summed E-state index contributed by atoms with van der Waals surface area (Å²) in [4.78, 5) is 8.04. The maximum absolute atomic E-state index is 5.58. The van der Waals surface area contributed by atoms with E-state index in [9.17, 15) is 0 Å². The van der Waals surface area contributed by atoms with Crippen molar-refractivity contribution in [3.05, 3.63) is 54.6 Å². The van der Waals surface area contributed by atoms with Gasteiger partial charge in [0.25, 0.3) is 0 Å². The smallest absolute Gasteiger partial charge is 0.153 e. The van der Waals surface area contributed by atoms with Crippen molar-refractivity contribution in [1.82, 2.24) is 29.4 Å². The molecular formula is C25H33N7OS. The number of hydrogen-bond acceptors (Lipinski definition) is 7. The van der Waals surface area contributed by atoms with Gasteiger partial charge in [0.1, 0.15) is 11.4 Å². The Morgan fingerprint density at radius 3 is 2.79 bits per heavy atom. The Morgan fingerprint density at radius 1 is 1.18 bits per heavy atom. The molecule has 1 aromatic carbocycles. The van der Waals surface area contributed by atoms with Crippen molar-refractivity contribution in [2.24, 2.45) is 7.05 Å². The van der Waals surface area contributed by atoms with Crippen LogP contribution >= 0.6 is 11.9 Å². The predicted molar refractivity (Wildman–Crippen MR) is 139 cm³/mol. The molecular weight excluding hydrogens is 446 g/mol. The van der Waals surface area contributed by atoms with Crippen LogP contribution in [0.4, 0.5) is 5.69 Å². The number of aryl methyl sites for hydroxylation is 1. The number of fused-ring (bicyclic) bond motifs is 1. The Kier molecular flexibility index (Phi) is 7.74. The predicted octanol–water partition coefficient (Wildman–Crippen LogP) is 5.46. The summed E-state index contributed by atoms with van der Waals surface area (Å²) >= 11 is 1.48. The molecule has 0 spiro atoms. The number of aromatic nitrogens is 5. The second-order valence-corrected chi connectivity index (χ2v) is 9.16. The van der Waals surface area contributed by atoms with Crippen LogP contribution in [0.2, 0.25) is 0 Å². The Bertz CT molecular complexity index is 1240. The summed E-state index contributed by atoms with van der Waals surface area (Å²) in [5.41, 5.74) is 3.13. The van der Waals surface area contributed by atoms with Gasteiger partial charge >= 0.3 is 0 Å². The lowest BCUT2D eigenvalue weighted by Gasteiger charge is -2.28. The maximum Gasteiger partial charge on any atom is 0.153 e. The summed E-state index contributed by atoms with van der Waals surface area (Å²) in [6, 6.07) is 8.53. The van der Waals surface area contributed by atoms with E-state index in [1.165, 1.54) is 30.4 Å². The summed E-state index contributed by atoms with van der Waals surface area (Å²) in [6.45, 7) is 8.85. The van der Waals surface area contributed by atoms with Gasteiger partial charge in [0.15, 0.2) is 5.82 Å². The molecule has 34 heavy (non-hydrogen) atoms. The lowest BCUT2D eigenvalue weighted by atomic mass is 10.1. The molecule has 0 fully saturated rings. The minimum Gasteiger partial charge on any atom is -0.494 e. The Labute approximate surface area is 205 Å². The number of unbranched alkanes of at least 4 members (excludes halogenated alkanes) is 1. The fraction of sp³-hybridized carbons (Fsp3) is 0.400. The monoisotopic (exact) mass is 479 g/mol. The zero-order chi connectivity index (χ0) is 24.1. The Balaban J connectivity index is 1.51. The second kappa shape index (κ2) is 10.9. The summed E-state index contributed by atoms with van der Waals surface area (Å²) in [7, 11) is 3.60. The first-order valence-electron chi connectivity index (χ1n) is 11.7. The molecule has 0 aliphatic heterocycles. The number of ether oxygens (including phenoxy) is 1. The van der Waals surface area contributed by atoms with Crippen molar-refractivity contribution in [2.45, 2.75) is 44.6 Å². The van der Waals surface area contributed by atoms with Crippen LogP contribution in [0.15, 0.2) is 53.9 Å². The third-order valence-electron chi connectivity index (χ3n) is 6.15. The van der Waals surface area contributed by atoms with Crippen molar-refractivity contribution < 1.29 is 4.74 Å². The molecule has 180 valence electrons. The van der Waals surface area contributed by atoms with Crippen molar-refractivity contribution in [3.8, 4) is 11.6 Å². The number of hydrogen-bond donors (Lipinski definition) is 1. The lowest BCUT2D eigenvalue weighted by molar-refractivity contribution is 0.218. The number of anilines is 1. The van der Waals surface area contributed by atoms with Gasteiger partial charge in [0.2, 0.25) is 0 Å². The summed E-state index contributed by atoms with van der Waals surface area (Å²) in [5, 5.41) is 9.98. The van der Waals surface area contributed by atoms with Gasteiger partial charge in [-0.25, -0.2) is 9.67 Å². The molecule has 0 saturated heterocycles. The Hall–Kier alpha value is -3.04. The molecule has 3 aromatic heterocycles. The van der Waals surface area contributed by atoms with Crippen molar-refractivity contribution in [1.29, 1.82) is 0 Å². The number of nitrogens with one attached hydrogen (secondary N) is 1. The van der Waals surface area contributed by atoms with E-state index < -0.39 is 0 Å². The van der Waals surface area contributed by atoms with Gasteiger partial charge in [-0.3, -0.25) is 9.58 Å². The van der Waals surface area contributed by atoms with E-state index in [4.69, 9.17) is 4.74 Å². The van der Waals surface area contributed by atoms with E-state index >= 15 is 0 Å². The molecule has 0 amide bonds. The zero-order valence-electron chi connectivity index (χ0n) is 20.5. The normalized spacial score (nSPS) is 12.4. The molecule has 1 unspecified atom stereocenters. The van der Waals surface area contributed by atoms with Gasteiger partial charge in [0.05, 0.1) is 29.9 Å². The molecule has 1 N–H and O–H groups in total. The average molecular weight is 480 g/mol. The van der Waals surface area contributed by atoms with Crippen LogP contribution in [-0.2, 0) is 7.05 Å². The highest BCUT2D eigenvalue weighted by molar-refractivity contribution is 8.00. The molecule has 4 rings (SSSR count). The molecule has 4 aromatic rings. The van der Waals surface area contributed by atoms with E-state index in [2.05, 4.69) is 57.7 Å². The number of pyridine rings is 1. The van der Waals surface area contributed by atoms with E-state index in [0.717, 1.165) is 46.1 Å². The fourth-order valence-corrected chi connectivity index (χ4v) is 4.80. The summed E-state index contributed by atoms with van der Waals surface area (Å²) < 4.78 is 12.7.